The standard InChI is InChI=1S/C11H12ClNO/c1-8-6-9-2-3-13(4-5-14)11(9)7-10(8)12/h2-3,6-7,14H,4-5H2,1H3. The van der Waals surface area contributed by atoms with E-state index in [2.05, 4.69) is 6.07 Å². The number of benzene rings is 1. The summed E-state index contributed by atoms with van der Waals surface area (Å²) in [5.74, 6) is 0. The second-order valence-corrected chi connectivity index (χ2v) is 3.80. The number of nitrogens with zero attached hydrogens (tertiary/aromatic N) is 1. The van der Waals surface area contributed by atoms with Crippen LogP contribution in [0.4, 0.5) is 0 Å². The Morgan fingerprint density at radius 3 is 2.93 bits per heavy atom. The van der Waals surface area contributed by atoms with E-state index in [-0.39, 0.29) is 6.61 Å². The minimum Gasteiger partial charge on any atom is -0.395 e. The van der Waals surface area contributed by atoms with E-state index in [0.29, 0.717) is 6.54 Å². The number of aryl methyl sites for hydroxylation is 1. The Labute approximate surface area is 87.7 Å². The van der Waals surface area contributed by atoms with Crippen LogP contribution >= 0.6 is 11.6 Å². The number of aliphatic hydroxyl groups excluding tert-OH is 1. The Balaban J connectivity index is 2.61. The molecule has 0 bridgehead atoms. The van der Waals surface area contributed by atoms with Crippen molar-refractivity contribution in [1.82, 2.24) is 4.57 Å². The van der Waals surface area contributed by atoms with Crippen LogP contribution in [0.3, 0.4) is 0 Å². The van der Waals surface area contributed by atoms with Crippen molar-refractivity contribution in [3.63, 3.8) is 0 Å². The first kappa shape index (κ1) is 9.56. The van der Waals surface area contributed by atoms with Gasteiger partial charge in [-0.3, -0.25) is 0 Å². The van der Waals surface area contributed by atoms with Gasteiger partial charge in [0.05, 0.1) is 6.61 Å². The molecule has 0 saturated carbocycles. The van der Waals surface area contributed by atoms with Gasteiger partial charge in [-0.1, -0.05) is 11.6 Å². The third kappa shape index (κ3) is 1.51. The number of rotatable bonds is 2. The van der Waals surface area contributed by atoms with Crippen molar-refractivity contribution in [2.24, 2.45) is 0 Å². The summed E-state index contributed by atoms with van der Waals surface area (Å²) in [5, 5.41) is 10.8. The van der Waals surface area contributed by atoms with Gasteiger partial charge >= 0.3 is 0 Å². The highest BCUT2D eigenvalue weighted by molar-refractivity contribution is 6.32. The minimum atomic E-state index is 0.148. The molecule has 0 atom stereocenters. The highest BCUT2D eigenvalue weighted by Gasteiger charge is 2.03. The summed E-state index contributed by atoms with van der Waals surface area (Å²) in [6, 6.07) is 6.04. The van der Waals surface area contributed by atoms with E-state index in [0.717, 1.165) is 16.1 Å². The molecular weight excluding hydrogens is 198 g/mol. The normalized spacial score (nSPS) is 11.1. The van der Waals surface area contributed by atoms with Crippen LogP contribution < -0.4 is 0 Å². The molecule has 2 rings (SSSR count). The monoisotopic (exact) mass is 209 g/mol. The molecule has 0 aliphatic heterocycles. The van der Waals surface area contributed by atoms with E-state index >= 15 is 0 Å². The molecule has 1 heterocycles. The lowest BCUT2D eigenvalue weighted by atomic mass is 10.2. The smallest absolute Gasteiger partial charge is 0.0610 e. The second kappa shape index (κ2) is 3.64. The average molecular weight is 210 g/mol. The fourth-order valence-electron chi connectivity index (χ4n) is 1.63. The number of hydrogen-bond donors (Lipinski definition) is 1. The second-order valence-electron chi connectivity index (χ2n) is 3.39. The van der Waals surface area contributed by atoms with Crippen molar-refractivity contribution >= 4 is 22.5 Å². The van der Waals surface area contributed by atoms with E-state index in [1.165, 1.54) is 5.39 Å². The van der Waals surface area contributed by atoms with Gasteiger partial charge in [-0.25, -0.2) is 0 Å². The molecular formula is C11H12ClNO. The molecule has 2 aromatic rings. The maximum Gasteiger partial charge on any atom is 0.0610 e. The van der Waals surface area contributed by atoms with Gasteiger partial charge in [0.25, 0.3) is 0 Å². The van der Waals surface area contributed by atoms with Crippen molar-refractivity contribution in [3.05, 3.63) is 35.0 Å². The summed E-state index contributed by atoms with van der Waals surface area (Å²) in [5.41, 5.74) is 2.16. The molecule has 2 nitrogen and oxygen atoms in total. The minimum absolute atomic E-state index is 0.148. The maximum atomic E-state index is 8.87. The summed E-state index contributed by atoms with van der Waals surface area (Å²) in [7, 11) is 0. The van der Waals surface area contributed by atoms with Crippen molar-refractivity contribution in [1.29, 1.82) is 0 Å². The highest BCUT2D eigenvalue weighted by Crippen LogP contribution is 2.24. The lowest BCUT2D eigenvalue weighted by Gasteiger charge is -2.04. The molecule has 1 aromatic carbocycles. The molecule has 0 fully saturated rings. The molecule has 0 saturated heterocycles. The van der Waals surface area contributed by atoms with Gasteiger partial charge < -0.3 is 9.67 Å². The predicted octanol–water partition coefficient (Wildman–Crippen LogP) is 2.60. The molecule has 1 aromatic heterocycles. The van der Waals surface area contributed by atoms with Gasteiger partial charge in [-0.05, 0) is 36.1 Å². The number of hydrogen-bond acceptors (Lipinski definition) is 1. The van der Waals surface area contributed by atoms with Gasteiger partial charge in [0.1, 0.15) is 0 Å². The maximum absolute atomic E-state index is 8.87. The Hall–Kier alpha value is -0.990. The summed E-state index contributed by atoms with van der Waals surface area (Å²) in [4.78, 5) is 0. The lowest BCUT2D eigenvalue weighted by molar-refractivity contribution is 0.278. The van der Waals surface area contributed by atoms with Gasteiger partial charge in [0.15, 0.2) is 0 Å². The fourth-order valence-corrected chi connectivity index (χ4v) is 1.79. The molecule has 14 heavy (non-hydrogen) atoms. The summed E-state index contributed by atoms with van der Waals surface area (Å²) in [6.07, 6.45) is 1.97. The van der Waals surface area contributed by atoms with E-state index in [1.54, 1.807) is 0 Å². The quantitative estimate of drug-likeness (QED) is 0.808. The SMILES string of the molecule is Cc1cc2ccn(CCO)c2cc1Cl. The van der Waals surface area contributed by atoms with Crippen LogP contribution in [-0.4, -0.2) is 16.3 Å². The van der Waals surface area contributed by atoms with Crippen molar-refractivity contribution < 1.29 is 5.11 Å². The number of aliphatic hydroxyl groups is 1. The largest absolute Gasteiger partial charge is 0.395 e. The Morgan fingerprint density at radius 2 is 2.21 bits per heavy atom. The first-order valence-electron chi connectivity index (χ1n) is 4.58. The molecule has 0 amide bonds. The summed E-state index contributed by atoms with van der Waals surface area (Å²) in [6.45, 7) is 2.75. The number of fused-ring (bicyclic) bond motifs is 1. The fraction of sp³-hybridized carbons (Fsp3) is 0.273. The summed E-state index contributed by atoms with van der Waals surface area (Å²) < 4.78 is 2.00. The van der Waals surface area contributed by atoms with E-state index in [4.69, 9.17) is 16.7 Å². The molecule has 0 unspecified atom stereocenters. The number of aromatic nitrogens is 1. The zero-order valence-electron chi connectivity index (χ0n) is 8.00. The van der Waals surface area contributed by atoms with Crippen molar-refractivity contribution in [2.45, 2.75) is 13.5 Å². The molecule has 0 radical (unpaired) electrons. The molecule has 0 spiro atoms. The van der Waals surface area contributed by atoms with Crippen LogP contribution in [0.25, 0.3) is 10.9 Å². The third-order valence-electron chi connectivity index (χ3n) is 2.39. The molecule has 74 valence electrons. The zero-order chi connectivity index (χ0) is 10.1. The Kier molecular flexibility index (Phi) is 2.48. The highest BCUT2D eigenvalue weighted by atomic mass is 35.5. The molecule has 1 N–H and O–H groups in total. The van der Waals surface area contributed by atoms with Crippen LogP contribution in [0.15, 0.2) is 24.4 Å². The topological polar surface area (TPSA) is 25.2 Å². The zero-order valence-corrected chi connectivity index (χ0v) is 8.75. The Bertz CT molecular complexity index is 462. The third-order valence-corrected chi connectivity index (χ3v) is 2.80. The van der Waals surface area contributed by atoms with Crippen molar-refractivity contribution in [3.8, 4) is 0 Å². The van der Waals surface area contributed by atoms with Crippen LogP contribution in [0.5, 0.6) is 0 Å². The van der Waals surface area contributed by atoms with Crippen LogP contribution in [-0.2, 0) is 6.54 Å². The Morgan fingerprint density at radius 1 is 1.43 bits per heavy atom. The molecule has 0 aliphatic carbocycles. The van der Waals surface area contributed by atoms with Gasteiger partial charge in [-0.2, -0.15) is 0 Å². The van der Waals surface area contributed by atoms with E-state index in [1.807, 2.05) is 29.8 Å². The van der Waals surface area contributed by atoms with Crippen LogP contribution in [0.1, 0.15) is 5.56 Å². The van der Waals surface area contributed by atoms with Crippen molar-refractivity contribution in [2.75, 3.05) is 6.61 Å². The van der Waals surface area contributed by atoms with E-state index < -0.39 is 0 Å². The first-order valence-corrected chi connectivity index (χ1v) is 4.96. The van der Waals surface area contributed by atoms with E-state index in [9.17, 15) is 0 Å². The first-order chi connectivity index (χ1) is 6.72. The number of halogens is 1. The van der Waals surface area contributed by atoms with Gasteiger partial charge in [-0.15, -0.1) is 0 Å². The van der Waals surface area contributed by atoms with Crippen LogP contribution in [0.2, 0.25) is 5.02 Å². The van der Waals surface area contributed by atoms with Crippen LogP contribution in [0, 0.1) is 6.92 Å². The molecule has 3 heteroatoms. The predicted molar refractivity (Wildman–Crippen MR) is 58.8 cm³/mol. The van der Waals surface area contributed by atoms with Gasteiger partial charge in [0.2, 0.25) is 0 Å². The summed E-state index contributed by atoms with van der Waals surface area (Å²) >= 11 is 6.04. The van der Waals surface area contributed by atoms with Gasteiger partial charge in [0, 0.05) is 23.3 Å². The lowest BCUT2D eigenvalue weighted by Crippen LogP contribution is -1.99. The average Bonchev–Trinajstić information content (AvgIpc) is 2.51. The molecule has 0 aliphatic rings.